The molecule has 0 atom stereocenters. The van der Waals surface area contributed by atoms with Gasteiger partial charge in [0.25, 0.3) is 0 Å². The van der Waals surface area contributed by atoms with Gasteiger partial charge in [-0.1, -0.05) is 17.7 Å². The molecule has 90 valence electrons. The molecule has 0 fully saturated rings. The van der Waals surface area contributed by atoms with Crippen LogP contribution in [0.15, 0.2) is 29.2 Å². The minimum atomic E-state index is -3.09. The van der Waals surface area contributed by atoms with E-state index in [9.17, 15) is 8.42 Å². The highest BCUT2D eigenvalue weighted by molar-refractivity contribution is 7.91. The van der Waals surface area contributed by atoms with E-state index in [1.165, 1.54) is 0 Å². The summed E-state index contributed by atoms with van der Waals surface area (Å²) < 4.78 is 23.8. The molecule has 0 aliphatic carbocycles. The Labute approximate surface area is 97.8 Å². The van der Waals surface area contributed by atoms with Crippen LogP contribution in [0.4, 0.5) is 0 Å². The SMILES string of the molecule is CNCCCCS(=O)(=O)c1ccc(C)cc1. The minimum Gasteiger partial charge on any atom is -0.320 e. The van der Waals surface area contributed by atoms with Crippen LogP contribution in [0.3, 0.4) is 0 Å². The van der Waals surface area contributed by atoms with Crippen molar-refractivity contribution in [2.75, 3.05) is 19.3 Å². The molecule has 0 aliphatic rings. The number of hydrogen-bond acceptors (Lipinski definition) is 3. The van der Waals surface area contributed by atoms with Crippen molar-refractivity contribution in [3.63, 3.8) is 0 Å². The van der Waals surface area contributed by atoms with Gasteiger partial charge >= 0.3 is 0 Å². The highest BCUT2D eigenvalue weighted by Crippen LogP contribution is 2.13. The molecule has 0 saturated heterocycles. The summed E-state index contributed by atoms with van der Waals surface area (Å²) in [6.07, 6.45) is 1.60. The molecule has 3 nitrogen and oxygen atoms in total. The average Bonchev–Trinajstić information content (AvgIpc) is 2.25. The first-order chi connectivity index (χ1) is 7.56. The van der Waals surface area contributed by atoms with Gasteiger partial charge in [0.2, 0.25) is 0 Å². The maximum absolute atomic E-state index is 11.9. The van der Waals surface area contributed by atoms with E-state index in [0.717, 1.165) is 18.5 Å². The predicted molar refractivity (Wildman–Crippen MR) is 66.4 cm³/mol. The van der Waals surface area contributed by atoms with Crippen LogP contribution in [0, 0.1) is 6.92 Å². The lowest BCUT2D eigenvalue weighted by atomic mass is 10.2. The minimum absolute atomic E-state index is 0.234. The van der Waals surface area contributed by atoms with Crippen LogP contribution in [0.2, 0.25) is 0 Å². The molecule has 1 aromatic carbocycles. The lowest BCUT2D eigenvalue weighted by Gasteiger charge is -2.04. The Bertz CT molecular complexity index is 409. The highest BCUT2D eigenvalue weighted by atomic mass is 32.2. The number of nitrogens with one attached hydrogen (secondary N) is 1. The van der Waals surface area contributed by atoms with Crippen molar-refractivity contribution >= 4 is 9.84 Å². The average molecular weight is 241 g/mol. The molecule has 0 aromatic heterocycles. The number of sulfone groups is 1. The zero-order valence-corrected chi connectivity index (χ0v) is 10.7. The van der Waals surface area contributed by atoms with E-state index >= 15 is 0 Å². The summed E-state index contributed by atoms with van der Waals surface area (Å²) >= 11 is 0. The van der Waals surface area contributed by atoms with E-state index in [2.05, 4.69) is 5.32 Å². The van der Waals surface area contributed by atoms with Crippen molar-refractivity contribution in [3.05, 3.63) is 29.8 Å². The van der Waals surface area contributed by atoms with Gasteiger partial charge in [-0.3, -0.25) is 0 Å². The number of unbranched alkanes of at least 4 members (excludes halogenated alkanes) is 1. The quantitative estimate of drug-likeness (QED) is 0.772. The number of hydrogen-bond donors (Lipinski definition) is 1. The monoisotopic (exact) mass is 241 g/mol. The largest absolute Gasteiger partial charge is 0.320 e. The Morgan fingerprint density at radius 3 is 2.31 bits per heavy atom. The maximum Gasteiger partial charge on any atom is 0.178 e. The summed E-state index contributed by atoms with van der Waals surface area (Å²) in [5, 5.41) is 3.01. The second-order valence-corrected chi connectivity index (χ2v) is 6.05. The molecule has 16 heavy (non-hydrogen) atoms. The van der Waals surface area contributed by atoms with Crippen molar-refractivity contribution in [1.82, 2.24) is 5.32 Å². The van der Waals surface area contributed by atoms with E-state index in [-0.39, 0.29) is 5.75 Å². The third kappa shape index (κ3) is 3.94. The standard InChI is InChI=1S/C12H19NO2S/c1-11-5-7-12(8-6-11)16(14,15)10-4-3-9-13-2/h5-8,13H,3-4,9-10H2,1-2H3. The van der Waals surface area contributed by atoms with Crippen LogP contribution in [-0.2, 0) is 9.84 Å². The van der Waals surface area contributed by atoms with Crippen molar-refractivity contribution in [2.45, 2.75) is 24.7 Å². The van der Waals surface area contributed by atoms with E-state index in [4.69, 9.17) is 0 Å². The van der Waals surface area contributed by atoms with Gasteiger partial charge < -0.3 is 5.32 Å². The summed E-state index contributed by atoms with van der Waals surface area (Å²) in [7, 11) is -1.22. The van der Waals surface area contributed by atoms with Crippen molar-refractivity contribution in [1.29, 1.82) is 0 Å². The summed E-state index contributed by atoms with van der Waals surface area (Å²) in [5.74, 6) is 0.234. The Hall–Kier alpha value is -0.870. The molecule has 0 bridgehead atoms. The smallest absolute Gasteiger partial charge is 0.178 e. The zero-order chi connectivity index (χ0) is 12.0. The Kier molecular flexibility index (Phi) is 4.96. The van der Waals surface area contributed by atoms with E-state index in [1.807, 2.05) is 26.1 Å². The Morgan fingerprint density at radius 2 is 1.75 bits per heavy atom. The normalized spacial score (nSPS) is 11.6. The van der Waals surface area contributed by atoms with E-state index in [0.29, 0.717) is 11.3 Å². The molecule has 1 N–H and O–H groups in total. The van der Waals surface area contributed by atoms with Gasteiger partial charge in [-0.25, -0.2) is 8.42 Å². The van der Waals surface area contributed by atoms with Crippen molar-refractivity contribution in [2.24, 2.45) is 0 Å². The molecular weight excluding hydrogens is 222 g/mol. The van der Waals surface area contributed by atoms with Crippen molar-refractivity contribution < 1.29 is 8.42 Å². The molecule has 0 spiro atoms. The molecule has 1 rings (SSSR count). The second kappa shape index (κ2) is 6.01. The molecule has 0 radical (unpaired) electrons. The lowest BCUT2D eigenvalue weighted by molar-refractivity contribution is 0.590. The fourth-order valence-corrected chi connectivity index (χ4v) is 2.83. The predicted octanol–water partition coefficient (Wildman–Crippen LogP) is 1.77. The van der Waals surface area contributed by atoms with Gasteiger partial charge in [0, 0.05) is 0 Å². The Balaban J connectivity index is 2.60. The molecule has 1 aromatic rings. The van der Waals surface area contributed by atoms with Gasteiger partial charge in [0.1, 0.15) is 0 Å². The summed E-state index contributed by atoms with van der Waals surface area (Å²) in [5.41, 5.74) is 1.08. The van der Waals surface area contributed by atoms with Crippen LogP contribution in [0.5, 0.6) is 0 Å². The molecule has 0 heterocycles. The fraction of sp³-hybridized carbons (Fsp3) is 0.500. The van der Waals surface area contributed by atoms with Gasteiger partial charge in [0.15, 0.2) is 9.84 Å². The molecule has 4 heteroatoms. The zero-order valence-electron chi connectivity index (χ0n) is 9.86. The van der Waals surface area contributed by atoms with Gasteiger partial charge in [0.05, 0.1) is 10.6 Å². The third-order valence-electron chi connectivity index (χ3n) is 2.47. The number of benzene rings is 1. The fourth-order valence-electron chi connectivity index (χ4n) is 1.46. The molecular formula is C12H19NO2S. The van der Waals surface area contributed by atoms with Gasteiger partial charge in [-0.15, -0.1) is 0 Å². The molecule has 0 unspecified atom stereocenters. The van der Waals surface area contributed by atoms with Crippen LogP contribution in [-0.4, -0.2) is 27.8 Å². The Morgan fingerprint density at radius 1 is 1.12 bits per heavy atom. The summed E-state index contributed by atoms with van der Waals surface area (Å²) in [4.78, 5) is 0.433. The second-order valence-electron chi connectivity index (χ2n) is 3.94. The first-order valence-corrected chi connectivity index (χ1v) is 7.15. The van der Waals surface area contributed by atoms with Crippen LogP contribution in [0.25, 0.3) is 0 Å². The van der Waals surface area contributed by atoms with E-state index in [1.54, 1.807) is 12.1 Å². The molecule has 0 aliphatic heterocycles. The van der Waals surface area contributed by atoms with Crippen LogP contribution >= 0.6 is 0 Å². The topological polar surface area (TPSA) is 46.2 Å². The first kappa shape index (κ1) is 13.2. The van der Waals surface area contributed by atoms with Crippen LogP contribution in [0.1, 0.15) is 18.4 Å². The summed E-state index contributed by atoms with van der Waals surface area (Å²) in [6.45, 7) is 2.81. The maximum atomic E-state index is 11.9. The van der Waals surface area contributed by atoms with Crippen LogP contribution < -0.4 is 5.32 Å². The van der Waals surface area contributed by atoms with Crippen molar-refractivity contribution in [3.8, 4) is 0 Å². The summed E-state index contributed by atoms with van der Waals surface area (Å²) in [6, 6.07) is 7.03. The number of aryl methyl sites for hydroxylation is 1. The highest BCUT2D eigenvalue weighted by Gasteiger charge is 2.12. The van der Waals surface area contributed by atoms with E-state index < -0.39 is 9.84 Å². The van der Waals surface area contributed by atoms with Gasteiger partial charge in [-0.2, -0.15) is 0 Å². The molecule has 0 saturated carbocycles. The van der Waals surface area contributed by atoms with Gasteiger partial charge in [-0.05, 0) is 45.5 Å². The third-order valence-corrected chi connectivity index (χ3v) is 4.29. The lowest BCUT2D eigenvalue weighted by Crippen LogP contribution is -2.11. The first-order valence-electron chi connectivity index (χ1n) is 5.50. The molecule has 0 amide bonds. The number of rotatable bonds is 6.